The molecule has 0 radical (unpaired) electrons. The largest absolute Gasteiger partial charge is 0.347 e. The summed E-state index contributed by atoms with van der Waals surface area (Å²) in [7, 11) is 1.68. The van der Waals surface area contributed by atoms with Crippen LogP contribution in [-0.2, 0) is 13.6 Å². The molecule has 128 valence electrons. The highest BCUT2D eigenvalue weighted by Gasteiger charge is 2.15. The molecular weight excluding hydrogens is 336 g/mol. The van der Waals surface area contributed by atoms with Gasteiger partial charge in [0, 0.05) is 19.7 Å². The van der Waals surface area contributed by atoms with E-state index in [1.165, 1.54) is 16.0 Å². The van der Waals surface area contributed by atoms with Gasteiger partial charge in [-0.1, -0.05) is 30.3 Å². The van der Waals surface area contributed by atoms with Gasteiger partial charge >= 0.3 is 0 Å². The zero-order valence-corrected chi connectivity index (χ0v) is 14.8. The Hall–Kier alpha value is -2.93. The third kappa shape index (κ3) is 3.95. The Balaban J connectivity index is 1.66. The summed E-state index contributed by atoms with van der Waals surface area (Å²) in [6, 6.07) is 13.0. The average molecular weight is 354 g/mol. The van der Waals surface area contributed by atoms with Crippen LogP contribution in [0.3, 0.4) is 0 Å². The van der Waals surface area contributed by atoms with E-state index in [1.807, 2.05) is 42.6 Å². The minimum atomic E-state index is -0.282. The van der Waals surface area contributed by atoms with Crippen molar-refractivity contribution in [1.82, 2.24) is 15.1 Å². The molecule has 0 aliphatic rings. The number of carbonyl (C=O) groups is 2. The highest BCUT2D eigenvalue weighted by atomic mass is 32.1. The third-order valence-corrected chi connectivity index (χ3v) is 4.67. The molecule has 1 aromatic carbocycles. The molecule has 0 aliphatic heterocycles. The van der Waals surface area contributed by atoms with Crippen LogP contribution in [0.25, 0.3) is 0 Å². The van der Waals surface area contributed by atoms with Crippen LogP contribution in [0.2, 0.25) is 0 Å². The standard InChI is InChI=1S/C18H18N4O2S/c1-12-6-3-4-7-13(12)11-19-17(23)14-10-16(22(2)21-14)20-18(24)15-8-5-9-25-15/h3-10H,11H2,1-2H3,(H,19,23)(H,20,24). The SMILES string of the molecule is Cc1ccccc1CNC(=O)c1cc(NC(=O)c2cccs2)n(C)n1. The van der Waals surface area contributed by atoms with Gasteiger partial charge in [-0.2, -0.15) is 5.10 Å². The van der Waals surface area contributed by atoms with Crippen molar-refractivity contribution >= 4 is 29.0 Å². The highest BCUT2D eigenvalue weighted by molar-refractivity contribution is 7.12. The maximum absolute atomic E-state index is 12.3. The number of hydrogen-bond donors (Lipinski definition) is 2. The lowest BCUT2D eigenvalue weighted by Gasteiger charge is -2.06. The molecule has 2 amide bonds. The van der Waals surface area contributed by atoms with Crippen molar-refractivity contribution in [1.29, 1.82) is 0 Å². The first kappa shape index (κ1) is 16.9. The van der Waals surface area contributed by atoms with Gasteiger partial charge in [-0.15, -0.1) is 11.3 Å². The number of nitrogens with one attached hydrogen (secondary N) is 2. The van der Waals surface area contributed by atoms with Crippen LogP contribution < -0.4 is 10.6 Å². The van der Waals surface area contributed by atoms with Gasteiger partial charge in [0.25, 0.3) is 11.8 Å². The lowest BCUT2D eigenvalue weighted by atomic mass is 10.1. The van der Waals surface area contributed by atoms with Crippen molar-refractivity contribution in [3.63, 3.8) is 0 Å². The summed E-state index contributed by atoms with van der Waals surface area (Å²) >= 11 is 1.36. The summed E-state index contributed by atoms with van der Waals surface area (Å²) in [5.41, 5.74) is 2.43. The van der Waals surface area contributed by atoms with Gasteiger partial charge in [-0.3, -0.25) is 14.3 Å². The number of amides is 2. The molecule has 0 fully saturated rings. The first-order valence-electron chi connectivity index (χ1n) is 7.76. The molecule has 0 saturated carbocycles. The van der Waals surface area contributed by atoms with Crippen molar-refractivity contribution in [3.8, 4) is 0 Å². The van der Waals surface area contributed by atoms with Crippen LogP contribution in [0, 0.1) is 6.92 Å². The monoisotopic (exact) mass is 354 g/mol. The molecule has 2 heterocycles. The van der Waals surface area contributed by atoms with E-state index in [1.54, 1.807) is 19.2 Å². The lowest BCUT2D eigenvalue weighted by Crippen LogP contribution is -2.23. The Bertz CT molecular complexity index is 900. The van der Waals surface area contributed by atoms with E-state index in [0.717, 1.165) is 11.1 Å². The van der Waals surface area contributed by atoms with Gasteiger partial charge in [0.15, 0.2) is 5.69 Å². The molecule has 0 unspecified atom stereocenters. The van der Waals surface area contributed by atoms with Crippen LogP contribution in [0.4, 0.5) is 5.82 Å². The molecule has 25 heavy (non-hydrogen) atoms. The summed E-state index contributed by atoms with van der Waals surface area (Å²) in [4.78, 5) is 25.0. The predicted molar refractivity (Wildman–Crippen MR) is 97.8 cm³/mol. The van der Waals surface area contributed by atoms with Crippen molar-refractivity contribution in [2.75, 3.05) is 5.32 Å². The predicted octanol–water partition coefficient (Wildman–Crippen LogP) is 2.97. The van der Waals surface area contributed by atoms with Crippen LogP contribution in [-0.4, -0.2) is 21.6 Å². The van der Waals surface area contributed by atoms with Gasteiger partial charge in [-0.25, -0.2) is 0 Å². The fourth-order valence-corrected chi connectivity index (χ4v) is 2.97. The number of aromatic nitrogens is 2. The maximum Gasteiger partial charge on any atom is 0.272 e. The van der Waals surface area contributed by atoms with E-state index >= 15 is 0 Å². The second kappa shape index (κ2) is 7.31. The maximum atomic E-state index is 12.3. The van der Waals surface area contributed by atoms with Crippen LogP contribution in [0.1, 0.15) is 31.3 Å². The average Bonchev–Trinajstić information content (AvgIpc) is 3.24. The minimum Gasteiger partial charge on any atom is -0.347 e. The Morgan fingerprint density at radius 2 is 1.96 bits per heavy atom. The quantitative estimate of drug-likeness (QED) is 0.739. The van der Waals surface area contributed by atoms with E-state index in [2.05, 4.69) is 15.7 Å². The third-order valence-electron chi connectivity index (χ3n) is 3.80. The molecule has 0 saturated heterocycles. The number of hydrogen-bond acceptors (Lipinski definition) is 4. The molecule has 0 spiro atoms. The van der Waals surface area contributed by atoms with E-state index < -0.39 is 0 Å². The van der Waals surface area contributed by atoms with E-state index in [4.69, 9.17) is 0 Å². The summed E-state index contributed by atoms with van der Waals surface area (Å²) < 4.78 is 1.48. The summed E-state index contributed by atoms with van der Waals surface area (Å²) in [6.07, 6.45) is 0. The van der Waals surface area contributed by atoms with Gasteiger partial charge in [0.2, 0.25) is 0 Å². The Labute approximate surface area is 149 Å². The number of benzene rings is 1. The normalized spacial score (nSPS) is 10.5. The number of nitrogens with zero attached hydrogens (tertiary/aromatic N) is 2. The Morgan fingerprint density at radius 3 is 2.68 bits per heavy atom. The molecule has 2 aromatic heterocycles. The molecule has 0 bridgehead atoms. The zero-order chi connectivity index (χ0) is 17.8. The minimum absolute atomic E-state index is 0.218. The Morgan fingerprint density at radius 1 is 1.16 bits per heavy atom. The molecule has 2 N–H and O–H groups in total. The van der Waals surface area contributed by atoms with Crippen molar-refractivity contribution < 1.29 is 9.59 Å². The Kier molecular flexibility index (Phi) is 4.95. The fraction of sp³-hybridized carbons (Fsp3) is 0.167. The molecular formula is C18H18N4O2S. The smallest absolute Gasteiger partial charge is 0.272 e. The summed E-state index contributed by atoms with van der Waals surface area (Å²) in [5, 5.41) is 11.6. The topological polar surface area (TPSA) is 76.0 Å². The first-order valence-corrected chi connectivity index (χ1v) is 8.64. The van der Waals surface area contributed by atoms with E-state index in [9.17, 15) is 9.59 Å². The van der Waals surface area contributed by atoms with Crippen molar-refractivity contribution in [2.45, 2.75) is 13.5 Å². The summed E-state index contributed by atoms with van der Waals surface area (Å²) in [6.45, 7) is 2.43. The molecule has 7 heteroatoms. The number of anilines is 1. The number of thiophene rings is 1. The second-order valence-corrected chi connectivity index (χ2v) is 6.53. The van der Waals surface area contributed by atoms with E-state index in [-0.39, 0.29) is 17.5 Å². The molecule has 0 aliphatic carbocycles. The van der Waals surface area contributed by atoms with Crippen molar-refractivity contribution in [3.05, 3.63) is 69.5 Å². The van der Waals surface area contributed by atoms with Crippen LogP contribution in [0.5, 0.6) is 0 Å². The molecule has 0 atom stereocenters. The van der Waals surface area contributed by atoms with Crippen LogP contribution >= 0.6 is 11.3 Å². The number of carbonyl (C=O) groups excluding carboxylic acids is 2. The fourth-order valence-electron chi connectivity index (χ4n) is 2.36. The van der Waals surface area contributed by atoms with Gasteiger partial charge in [0.1, 0.15) is 5.82 Å². The second-order valence-electron chi connectivity index (χ2n) is 5.58. The van der Waals surface area contributed by atoms with Crippen molar-refractivity contribution in [2.24, 2.45) is 7.05 Å². The van der Waals surface area contributed by atoms with E-state index in [0.29, 0.717) is 17.2 Å². The first-order chi connectivity index (χ1) is 12.0. The molecule has 3 aromatic rings. The zero-order valence-electron chi connectivity index (χ0n) is 13.9. The summed E-state index contributed by atoms with van der Waals surface area (Å²) in [5.74, 6) is -0.0280. The molecule has 3 rings (SSSR count). The number of aryl methyl sites for hydroxylation is 2. The van der Waals surface area contributed by atoms with Crippen LogP contribution in [0.15, 0.2) is 47.8 Å². The van der Waals surface area contributed by atoms with Gasteiger partial charge in [0.05, 0.1) is 4.88 Å². The lowest BCUT2D eigenvalue weighted by molar-refractivity contribution is 0.0944. The highest BCUT2D eigenvalue weighted by Crippen LogP contribution is 2.14. The number of rotatable bonds is 5. The molecule has 6 nitrogen and oxygen atoms in total. The van der Waals surface area contributed by atoms with Gasteiger partial charge < -0.3 is 10.6 Å². The van der Waals surface area contributed by atoms with Gasteiger partial charge in [-0.05, 0) is 29.5 Å².